The van der Waals surface area contributed by atoms with Crippen LogP contribution < -0.4 is 11.3 Å². The van der Waals surface area contributed by atoms with E-state index in [-0.39, 0.29) is 6.04 Å². The van der Waals surface area contributed by atoms with Gasteiger partial charge in [0.15, 0.2) is 4.96 Å². The average Bonchev–Trinajstić information content (AvgIpc) is 2.96. The predicted octanol–water partition coefficient (Wildman–Crippen LogP) is 2.75. The maximum atomic E-state index is 5.69. The van der Waals surface area contributed by atoms with Crippen molar-refractivity contribution in [3.63, 3.8) is 0 Å². The molecule has 3 rings (SSSR count). The number of nitrogens with zero attached hydrogens (tertiary/aromatic N) is 2. The monoisotopic (exact) mass is 384 g/mol. The summed E-state index contributed by atoms with van der Waals surface area (Å²) in [4.78, 5) is 5.61. The van der Waals surface area contributed by atoms with Crippen LogP contribution in [-0.4, -0.2) is 9.38 Å². The lowest BCUT2D eigenvalue weighted by Crippen LogP contribution is -2.29. The van der Waals surface area contributed by atoms with Gasteiger partial charge in [-0.15, -0.1) is 11.3 Å². The van der Waals surface area contributed by atoms with Crippen LogP contribution in [0.5, 0.6) is 0 Å². The molecule has 0 aliphatic carbocycles. The van der Waals surface area contributed by atoms with Crippen LogP contribution in [0.25, 0.3) is 4.96 Å². The minimum absolute atomic E-state index is 0.0827. The second-order valence-corrected chi connectivity index (χ2v) is 6.42. The maximum absolute atomic E-state index is 5.69. The quantitative estimate of drug-likeness (QED) is 0.413. The van der Waals surface area contributed by atoms with Crippen molar-refractivity contribution in [1.82, 2.24) is 14.8 Å². The third-order valence-electron chi connectivity index (χ3n) is 3.01. The first kappa shape index (κ1) is 13.0. The predicted molar refractivity (Wildman–Crippen MR) is 86.0 cm³/mol. The molecule has 3 N–H and O–H groups in total. The Labute approximate surface area is 128 Å². The van der Waals surface area contributed by atoms with Gasteiger partial charge in [-0.25, -0.2) is 4.98 Å². The Balaban J connectivity index is 1.85. The highest BCUT2D eigenvalue weighted by molar-refractivity contribution is 14.1. The van der Waals surface area contributed by atoms with E-state index < -0.39 is 0 Å². The van der Waals surface area contributed by atoms with Gasteiger partial charge in [-0.2, -0.15) is 0 Å². The number of aromatic nitrogens is 2. The van der Waals surface area contributed by atoms with Crippen molar-refractivity contribution >= 4 is 38.9 Å². The van der Waals surface area contributed by atoms with Crippen molar-refractivity contribution in [2.45, 2.75) is 12.5 Å². The molecule has 0 aliphatic heterocycles. The fourth-order valence-corrected chi connectivity index (χ4v) is 3.37. The molecule has 1 aromatic carbocycles. The number of halogens is 1. The summed E-state index contributed by atoms with van der Waals surface area (Å²) in [5.41, 5.74) is 5.12. The van der Waals surface area contributed by atoms with Gasteiger partial charge < -0.3 is 0 Å². The zero-order chi connectivity index (χ0) is 13.2. The molecule has 0 amide bonds. The van der Waals surface area contributed by atoms with Gasteiger partial charge in [0.25, 0.3) is 0 Å². The smallest absolute Gasteiger partial charge is 0.193 e. The van der Waals surface area contributed by atoms with E-state index in [1.54, 1.807) is 11.3 Å². The summed E-state index contributed by atoms with van der Waals surface area (Å²) in [7, 11) is 0. The number of benzene rings is 1. The van der Waals surface area contributed by atoms with Gasteiger partial charge in [0, 0.05) is 27.8 Å². The first-order valence-electron chi connectivity index (χ1n) is 5.89. The molecule has 3 aromatic rings. The number of nitrogens with one attached hydrogen (secondary N) is 1. The molecule has 1 unspecified atom stereocenters. The van der Waals surface area contributed by atoms with Gasteiger partial charge in [0.2, 0.25) is 0 Å². The number of hydrazine groups is 1. The fraction of sp³-hybridized carbons (Fsp3) is 0.154. The third kappa shape index (κ3) is 2.81. The summed E-state index contributed by atoms with van der Waals surface area (Å²) in [6.45, 7) is 0. The zero-order valence-electron chi connectivity index (χ0n) is 10.1. The van der Waals surface area contributed by atoms with E-state index in [4.69, 9.17) is 5.84 Å². The highest BCUT2D eigenvalue weighted by Gasteiger charge is 2.13. The van der Waals surface area contributed by atoms with E-state index >= 15 is 0 Å². The third-order valence-corrected chi connectivity index (χ3v) is 4.45. The Kier molecular flexibility index (Phi) is 3.83. The van der Waals surface area contributed by atoms with Gasteiger partial charge in [-0.3, -0.25) is 15.7 Å². The van der Waals surface area contributed by atoms with Crippen molar-refractivity contribution in [3.8, 4) is 0 Å². The Bertz CT molecular complexity index is 662. The van der Waals surface area contributed by atoms with E-state index in [1.165, 1.54) is 9.13 Å². The van der Waals surface area contributed by atoms with Crippen molar-refractivity contribution in [2.75, 3.05) is 0 Å². The first-order valence-corrected chi connectivity index (χ1v) is 7.85. The van der Waals surface area contributed by atoms with Crippen LogP contribution >= 0.6 is 33.9 Å². The number of hydrogen-bond acceptors (Lipinski definition) is 4. The molecule has 4 nitrogen and oxygen atoms in total. The van der Waals surface area contributed by atoms with E-state index in [9.17, 15) is 0 Å². The van der Waals surface area contributed by atoms with E-state index in [0.29, 0.717) is 0 Å². The van der Waals surface area contributed by atoms with Crippen LogP contribution in [0.2, 0.25) is 0 Å². The van der Waals surface area contributed by atoms with Crippen molar-refractivity contribution < 1.29 is 0 Å². The Morgan fingerprint density at radius 2 is 2.37 bits per heavy atom. The number of fused-ring (bicyclic) bond motifs is 1. The molecule has 0 saturated heterocycles. The lowest BCUT2D eigenvalue weighted by molar-refractivity contribution is 0.547. The molecule has 6 heteroatoms. The topological polar surface area (TPSA) is 55.3 Å². The maximum Gasteiger partial charge on any atom is 0.193 e. The number of rotatable bonds is 4. The molecule has 1 atom stereocenters. The first-order chi connectivity index (χ1) is 9.26. The second-order valence-electron chi connectivity index (χ2n) is 4.30. The van der Waals surface area contributed by atoms with Crippen LogP contribution in [0.15, 0.2) is 42.0 Å². The molecule has 2 aromatic heterocycles. The van der Waals surface area contributed by atoms with Crippen LogP contribution in [-0.2, 0) is 6.42 Å². The van der Waals surface area contributed by atoms with Gasteiger partial charge in [-0.1, -0.05) is 12.1 Å². The molecule has 2 heterocycles. The SMILES string of the molecule is NNC(Cc1cn2ccsc2n1)c1cccc(I)c1. The molecular formula is C13H13IN4S. The van der Waals surface area contributed by atoms with Gasteiger partial charge in [0.05, 0.1) is 11.7 Å². The summed E-state index contributed by atoms with van der Waals surface area (Å²) >= 11 is 3.95. The minimum Gasteiger partial charge on any atom is -0.297 e. The Morgan fingerprint density at radius 1 is 1.47 bits per heavy atom. The lowest BCUT2D eigenvalue weighted by Gasteiger charge is -2.15. The van der Waals surface area contributed by atoms with E-state index in [2.05, 4.69) is 57.4 Å². The summed E-state index contributed by atoms with van der Waals surface area (Å²) in [5.74, 6) is 5.69. The van der Waals surface area contributed by atoms with Gasteiger partial charge in [-0.05, 0) is 40.3 Å². The fourth-order valence-electron chi connectivity index (χ4n) is 2.08. The summed E-state index contributed by atoms with van der Waals surface area (Å²) in [6, 6.07) is 8.44. The zero-order valence-corrected chi connectivity index (χ0v) is 13.1. The molecule has 19 heavy (non-hydrogen) atoms. The van der Waals surface area contributed by atoms with Gasteiger partial charge >= 0.3 is 0 Å². The molecule has 0 bridgehead atoms. The van der Waals surface area contributed by atoms with Crippen LogP contribution in [0.4, 0.5) is 0 Å². The van der Waals surface area contributed by atoms with Crippen LogP contribution in [0.3, 0.4) is 0 Å². The molecule has 98 valence electrons. The standard InChI is InChI=1S/C13H13IN4S/c14-10-3-1-2-9(6-10)12(17-15)7-11-8-18-4-5-19-13(18)16-11/h1-6,8,12,17H,7,15H2. The molecule has 0 saturated carbocycles. The normalized spacial score (nSPS) is 12.9. The molecule has 0 spiro atoms. The van der Waals surface area contributed by atoms with Crippen LogP contribution in [0.1, 0.15) is 17.3 Å². The average molecular weight is 384 g/mol. The highest BCUT2D eigenvalue weighted by Crippen LogP contribution is 2.20. The summed E-state index contributed by atoms with van der Waals surface area (Å²) in [6.07, 6.45) is 4.86. The largest absolute Gasteiger partial charge is 0.297 e. The second kappa shape index (κ2) is 5.58. The molecule has 0 aliphatic rings. The van der Waals surface area contributed by atoms with E-state index in [0.717, 1.165) is 17.1 Å². The number of hydrogen-bond donors (Lipinski definition) is 2. The minimum atomic E-state index is 0.0827. The summed E-state index contributed by atoms with van der Waals surface area (Å²) < 4.78 is 3.25. The number of thiazole rings is 1. The molecule has 0 radical (unpaired) electrons. The Morgan fingerprint density at radius 3 is 3.11 bits per heavy atom. The van der Waals surface area contributed by atoms with E-state index in [1.807, 2.05) is 22.0 Å². The van der Waals surface area contributed by atoms with Crippen molar-refractivity contribution in [1.29, 1.82) is 0 Å². The number of imidazole rings is 1. The molecular weight excluding hydrogens is 371 g/mol. The highest BCUT2D eigenvalue weighted by atomic mass is 127. The van der Waals surface area contributed by atoms with Gasteiger partial charge in [0.1, 0.15) is 0 Å². The molecule has 0 fully saturated rings. The lowest BCUT2D eigenvalue weighted by atomic mass is 10.0. The van der Waals surface area contributed by atoms with Crippen LogP contribution in [0, 0.1) is 3.57 Å². The summed E-state index contributed by atoms with van der Waals surface area (Å²) in [5, 5.41) is 2.03. The van der Waals surface area contributed by atoms with Crippen molar-refractivity contribution in [3.05, 3.63) is 56.9 Å². The number of nitrogens with two attached hydrogens (primary N) is 1. The Hall–Kier alpha value is -0.960. The van der Waals surface area contributed by atoms with Crippen molar-refractivity contribution in [2.24, 2.45) is 5.84 Å².